The van der Waals surface area contributed by atoms with Gasteiger partial charge in [-0.2, -0.15) is 0 Å². The fourth-order valence-electron chi connectivity index (χ4n) is 9.03. The Hall–Kier alpha value is -7.62. The number of nitrogens with one attached hydrogen (secondary N) is 3. The Morgan fingerprint density at radius 2 is 1.53 bits per heavy atom. The lowest BCUT2D eigenvalue weighted by Crippen LogP contribution is -2.40. The first-order chi connectivity index (χ1) is 35.0. The lowest BCUT2D eigenvalue weighted by Gasteiger charge is -2.33. The quantitative estimate of drug-likeness (QED) is 0.0220. The number of fused-ring (bicyclic) bond motifs is 1. The van der Waals surface area contributed by atoms with Crippen LogP contribution in [0.15, 0.2) is 156 Å². The van der Waals surface area contributed by atoms with Crippen LogP contribution in [-0.4, -0.2) is 82.8 Å². The first-order valence-corrected chi connectivity index (χ1v) is 24.2. The number of benzene rings is 6. The van der Waals surface area contributed by atoms with Crippen LogP contribution in [0.1, 0.15) is 85.9 Å². The van der Waals surface area contributed by atoms with Gasteiger partial charge in [0.2, 0.25) is 11.2 Å². The van der Waals surface area contributed by atoms with E-state index in [9.17, 15) is 34.5 Å². The Morgan fingerprint density at radius 1 is 0.806 bits per heavy atom. The number of hydrogen-bond acceptors (Lipinski definition) is 12. The van der Waals surface area contributed by atoms with Crippen LogP contribution in [0, 0.1) is 5.92 Å². The number of rotatable bonds is 22. The van der Waals surface area contributed by atoms with Gasteiger partial charge in [0, 0.05) is 66.3 Å². The molecule has 0 aliphatic carbocycles. The summed E-state index contributed by atoms with van der Waals surface area (Å²) in [5, 5.41) is 40.0. The van der Waals surface area contributed by atoms with Gasteiger partial charge >= 0.3 is 5.97 Å². The van der Waals surface area contributed by atoms with Gasteiger partial charge in [-0.05, 0) is 103 Å². The summed E-state index contributed by atoms with van der Waals surface area (Å²) < 4.78 is 17.6. The molecule has 1 aliphatic heterocycles. The van der Waals surface area contributed by atoms with E-state index in [1.54, 1.807) is 103 Å². The molecule has 8 rings (SSSR count). The molecule has 1 fully saturated rings. The lowest BCUT2D eigenvalue weighted by molar-refractivity contribution is -0.164. The van der Waals surface area contributed by atoms with Crippen molar-refractivity contribution < 1.29 is 43.9 Å². The highest BCUT2D eigenvalue weighted by atomic mass is 16.6. The molecular formula is C58H60N4O10. The van der Waals surface area contributed by atoms with Gasteiger partial charge in [-0.25, -0.2) is 4.79 Å². The minimum atomic E-state index is -2.07. The van der Waals surface area contributed by atoms with Gasteiger partial charge in [0.25, 0.3) is 5.91 Å². The zero-order chi connectivity index (χ0) is 50.5. The highest BCUT2D eigenvalue weighted by Gasteiger charge is 2.42. The first kappa shape index (κ1) is 50.8. The molecule has 14 nitrogen and oxygen atoms in total. The van der Waals surface area contributed by atoms with Crippen molar-refractivity contribution in [3.63, 3.8) is 0 Å². The number of aromatic amines is 1. The van der Waals surface area contributed by atoms with Crippen LogP contribution in [-0.2, 0) is 34.8 Å². The number of likely N-dealkylation sites (tertiary alicyclic amines) is 1. The molecule has 2 atom stereocenters. The number of carbonyl (C=O) groups is 3. The molecule has 2 heterocycles. The number of ether oxygens (including phenoxy) is 3. The van der Waals surface area contributed by atoms with E-state index in [0.29, 0.717) is 57.7 Å². The number of phenols is 1. The second-order valence-electron chi connectivity index (χ2n) is 18.1. The number of aromatic hydroxyl groups is 1. The molecule has 0 radical (unpaired) electrons. The highest BCUT2D eigenvalue weighted by Crippen LogP contribution is 2.34. The molecule has 1 aliphatic rings. The van der Waals surface area contributed by atoms with Gasteiger partial charge in [0.1, 0.15) is 23.9 Å². The number of H-pyrrole nitrogens is 1. The largest absolute Gasteiger partial charge is 0.506 e. The molecular weight excluding hydrogens is 913 g/mol. The smallest absolute Gasteiger partial charge is 0.347 e. The molecule has 14 heteroatoms. The second-order valence-corrected chi connectivity index (χ2v) is 18.1. The van der Waals surface area contributed by atoms with E-state index in [-0.39, 0.29) is 67.2 Å². The molecule has 6 aromatic carbocycles. The SMILES string of the molecule is COc1cc(C(=O)CCCNC(=O)c2ccc(COc3cccc([C@](O)(C(=O)OCC4CCN(Cc5ccccc5)CC4)c4ccccc4)c3)cc2)ccc1CNC[C@H](O)c1ccc(O)c2[nH]c(=O)ccc12. The second kappa shape index (κ2) is 24.0. The van der Waals surface area contributed by atoms with Gasteiger partial charge in [0.05, 0.1) is 25.3 Å². The Labute approximate surface area is 418 Å². The van der Waals surface area contributed by atoms with Crippen molar-refractivity contribution in [3.8, 4) is 17.2 Å². The number of ketones is 1. The van der Waals surface area contributed by atoms with Crippen molar-refractivity contribution in [2.75, 3.05) is 39.9 Å². The number of pyridine rings is 1. The molecule has 6 N–H and O–H groups in total. The average molecular weight is 973 g/mol. The van der Waals surface area contributed by atoms with Crippen LogP contribution in [0.3, 0.4) is 0 Å². The molecule has 1 amide bonds. The molecule has 72 heavy (non-hydrogen) atoms. The normalized spacial score (nSPS) is 14.3. The van der Waals surface area contributed by atoms with Crippen LogP contribution in [0.25, 0.3) is 10.9 Å². The number of phenolic OH excluding ortho intramolecular Hbond substituents is 1. The summed E-state index contributed by atoms with van der Waals surface area (Å²) in [6, 6.07) is 44.1. The zero-order valence-electron chi connectivity index (χ0n) is 40.2. The Balaban J connectivity index is 0.779. The van der Waals surface area contributed by atoms with E-state index >= 15 is 0 Å². The number of aliphatic hydroxyl groups is 2. The third kappa shape index (κ3) is 12.6. The number of carbonyl (C=O) groups excluding carboxylic acids is 3. The van der Waals surface area contributed by atoms with E-state index in [4.69, 9.17) is 14.2 Å². The average Bonchev–Trinajstić information content (AvgIpc) is 3.41. The number of aromatic nitrogens is 1. The van der Waals surface area contributed by atoms with E-state index in [0.717, 1.165) is 43.6 Å². The van der Waals surface area contributed by atoms with Crippen molar-refractivity contribution in [2.45, 2.75) is 57.1 Å². The topological polar surface area (TPSA) is 200 Å². The van der Waals surface area contributed by atoms with E-state index in [2.05, 4.69) is 44.8 Å². The zero-order valence-corrected chi connectivity index (χ0v) is 40.2. The molecule has 372 valence electrons. The van der Waals surface area contributed by atoms with Crippen molar-refractivity contribution in [3.05, 3.63) is 207 Å². The fourth-order valence-corrected chi connectivity index (χ4v) is 9.03. The molecule has 7 aromatic rings. The van der Waals surface area contributed by atoms with Gasteiger partial charge in [-0.15, -0.1) is 0 Å². The van der Waals surface area contributed by atoms with Crippen molar-refractivity contribution in [2.24, 2.45) is 5.92 Å². The summed E-state index contributed by atoms with van der Waals surface area (Å²) in [7, 11) is 1.52. The predicted octanol–water partition coefficient (Wildman–Crippen LogP) is 7.73. The summed E-state index contributed by atoms with van der Waals surface area (Å²) in [5.74, 6) is -0.0628. The number of aliphatic hydroxyl groups excluding tert-OH is 1. The van der Waals surface area contributed by atoms with Crippen molar-refractivity contribution >= 4 is 28.6 Å². The van der Waals surface area contributed by atoms with Crippen LogP contribution in [0.2, 0.25) is 0 Å². The number of hydrogen-bond donors (Lipinski definition) is 6. The van der Waals surface area contributed by atoms with Gasteiger partial charge in [0.15, 0.2) is 5.78 Å². The van der Waals surface area contributed by atoms with Crippen LogP contribution < -0.4 is 25.7 Å². The number of esters is 1. The Morgan fingerprint density at radius 3 is 2.28 bits per heavy atom. The fraction of sp³-hybridized carbons (Fsp3) is 0.276. The lowest BCUT2D eigenvalue weighted by atomic mass is 9.86. The number of methoxy groups -OCH3 is 1. The number of Topliss-reactive ketones (excluding diaryl/α,β-unsaturated/α-hetero) is 1. The summed E-state index contributed by atoms with van der Waals surface area (Å²) in [6.45, 7) is 3.88. The Kier molecular flexibility index (Phi) is 16.9. The summed E-state index contributed by atoms with van der Waals surface area (Å²) >= 11 is 0. The number of amides is 1. The minimum Gasteiger partial charge on any atom is -0.506 e. The monoisotopic (exact) mass is 972 g/mol. The maximum absolute atomic E-state index is 13.9. The maximum Gasteiger partial charge on any atom is 0.347 e. The predicted molar refractivity (Wildman–Crippen MR) is 274 cm³/mol. The first-order valence-electron chi connectivity index (χ1n) is 24.2. The molecule has 1 saturated heterocycles. The van der Waals surface area contributed by atoms with Crippen LogP contribution >= 0.6 is 0 Å². The third-order valence-corrected chi connectivity index (χ3v) is 13.2. The number of piperidine rings is 1. The molecule has 0 unspecified atom stereocenters. The number of nitrogens with zero attached hydrogens (tertiary/aromatic N) is 1. The third-order valence-electron chi connectivity index (χ3n) is 13.2. The summed E-state index contributed by atoms with van der Waals surface area (Å²) in [6.07, 6.45) is 1.47. The Bertz CT molecular complexity index is 3010. The van der Waals surface area contributed by atoms with Gasteiger partial charge in [-0.1, -0.05) is 103 Å². The molecule has 1 aromatic heterocycles. The standard InChI is InChI=1S/C58H60N4O10/c1-70-53-32-43(21-22-44(53)34-59-35-52(65)48-23-25-51(64)55-49(48)24-26-54(66)61-55)50(63)16-9-29-60-56(67)42-19-17-40(18-20-42)37-71-47-15-8-14-46(33-47)58(69,45-12-6-3-7-13-45)57(68)72-38-41-27-30-62(31-28-41)36-39-10-4-2-5-11-39/h2-8,10-15,17-26,32-33,41,52,59,64-65,69H,9,16,27-31,34-38H2,1H3,(H,60,67)(H,61,66)/t52-,58-/m0/s1. The molecule has 0 spiro atoms. The minimum absolute atomic E-state index is 0.0853. The van der Waals surface area contributed by atoms with Gasteiger partial charge < -0.3 is 45.1 Å². The van der Waals surface area contributed by atoms with Gasteiger partial charge in [-0.3, -0.25) is 19.3 Å². The molecule has 0 saturated carbocycles. The van der Waals surface area contributed by atoms with E-state index in [1.165, 1.54) is 24.8 Å². The maximum atomic E-state index is 13.9. The van der Waals surface area contributed by atoms with Crippen molar-refractivity contribution in [1.82, 2.24) is 20.5 Å². The van der Waals surface area contributed by atoms with E-state index in [1.807, 2.05) is 12.1 Å². The van der Waals surface area contributed by atoms with E-state index < -0.39 is 17.7 Å². The highest BCUT2D eigenvalue weighted by molar-refractivity contribution is 5.97. The van der Waals surface area contributed by atoms with Crippen molar-refractivity contribution in [1.29, 1.82) is 0 Å². The summed E-state index contributed by atoms with van der Waals surface area (Å²) in [5.41, 5.74) is 2.87. The molecule has 0 bridgehead atoms. The van der Waals surface area contributed by atoms with Crippen LogP contribution in [0.5, 0.6) is 17.2 Å². The summed E-state index contributed by atoms with van der Waals surface area (Å²) in [4.78, 5) is 56.9. The van der Waals surface area contributed by atoms with Crippen LogP contribution in [0.4, 0.5) is 0 Å².